The van der Waals surface area contributed by atoms with Gasteiger partial charge >= 0.3 is 12.0 Å². The zero-order chi connectivity index (χ0) is 14.4. The van der Waals surface area contributed by atoms with E-state index in [1.807, 2.05) is 30.3 Å². The Morgan fingerprint density at radius 2 is 1.84 bits per heavy atom. The summed E-state index contributed by atoms with van der Waals surface area (Å²) in [6.07, 6.45) is 0. The van der Waals surface area contributed by atoms with E-state index in [-0.39, 0.29) is 11.9 Å². The summed E-state index contributed by atoms with van der Waals surface area (Å²) in [5.74, 6) is -1.18. The highest BCUT2D eigenvalue weighted by Gasteiger charge is 2.24. The monoisotopic (exact) mass is 264 g/mol. The van der Waals surface area contributed by atoms with E-state index in [2.05, 4.69) is 5.32 Å². The molecule has 1 aromatic rings. The van der Waals surface area contributed by atoms with Gasteiger partial charge in [0, 0.05) is 13.6 Å². The molecule has 1 aromatic carbocycles. The minimum Gasteiger partial charge on any atom is -0.480 e. The highest BCUT2D eigenvalue weighted by Crippen LogP contribution is 2.05. The number of benzene rings is 1. The first kappa shape index (κ1) is 15.0. The first-order valence-electron chi connectivity index (χ1n) is 6.20. The Kier molecular flexibility index (Phi) is 5.36. The first-order valence-corrected chi connectivity index (χ1v) is 6.20. The number of amides is 2. The topological polar surface area (TPSA) is 69.6 Å². The molecule has 0 spiro atoms. The van der Waals surface area contributed by atoms with Gasteiger partial charge in [0.1, 0.15) is 6.04 Å². The second-order valence-electron chi connectivity index (χ2n) is 4.85. The van der Waals surface area contributed by atoms with Crippen LogP contribution in [0.2, 0.25) is 0 Å². The smallest absolute Gasteiger partial charge is 0.326 e. The molecule has 5 nitrogen and oxygen atoms in total. The maximum absolute atomic E-state index is 11.9. The van der Waals surface area contributed by atoms with Crippen LogP contribution in [-0.4, -0.2) is 35.1 Å². The van der Waals surface area contributed by atoms with Crippen molar-refractivity contribution in [1.82, 2.24) is 10.2 Å². The lowest BCUT2D eigenvalue weighted by atomic mass is 10.1. The molecular formula is C14H20N2O3. The largest absolute Gasteiger partial charge is 0.480 e. The standard InChI is InChI=1S/C14H20N2O3/c1-10(2)12(13(17)18)15-14(19)16(3)9-11-7-5-4-6-8-11/h4-8,10,12H,9H2,1-3H3,(H,15,19)(H,17,18). The number of aliphatic carboxylic acids is 1. The molecule has 1 rings (SSSR count). The zero-order valence-corrected chi connectivity index (χ0v) is 11.5. The Balaban J connectivity index is 2.60. The average molecular weight is 264 g/mol. The first-order chi connectivity index (χ1) is 8.91. The van der Waals surface area contributed by atoms with Crippen LogP contribution in [-0.2, 0) is 11.3 Å². The average Bonchev–Trinajstić information content (AvgIpc) is 2.35. The van der Waals surface area contributed by atoms with E-state index in [0.717, 1.165) is 5.56 Å². The summed E-state index contributed by atoms with van der Waals surface area (Å²) in [4.78, 5) is 24.4. The van der Waals surface area contributed by atoms with Crippen LogP contribution in [0.3, 0.4) is 0 Å². The van der Waals surface area contributed by atoms with E-state index in [0.29, 0.717) is 6.54 Å². The molecule has 5 heteroatoms. The minimum absolute atomic E-state index is 0.161. The Morgan fingerprint density at radius 1 is 1.26 bits per heavy atom. The number of hydrogen-bond donors (Lipinski definition) is 2. The van der Waals surface area contributed by atoms with Crippen molar-refractivity contribution in [1.29, 1.82) is 0 Å². The van der Waals surface area contributed by atoms with Gasteiger partial charge < -0.3 is 15.3 Å². The SMILES string of the molecule is CC(C)C(NC(=O)N(C)Cc1ccccc1)C(=O)O. The number of urea groups is 1. The fourth-order valence-corrected chi connectivity index (χ4v) is 1.69. The molecule has 1 unspecified atom stereocenters. The molecule has 0 radical (unpaired) electrons. The van der Waals surface area contributed by atoms with Crippen LogP contribution in [0, 0.1) is 5.92 Å². The van der Waals surface area contributed by atoms with Crippen molar-refractivity contribution in [2.75, 3.05) is 7.05 Å². The number of hydrogen-bond acceptors (Lipinski definition) is 2. The quantitative estimate of drug-likeness (QED) is 0.853. The molecule has 0 aromatic heterocycles. The van der Waals surface area contributed by atoms with Gasteiger partial charge in [-0.3, -0.25) is 0 Å². The van der Waals surface area contributed by atoms with Gasteiger partial charge in [-0.25, -0.2) is 9.59 Å². The van der Waals surface area contributed by atoms with Crippen LogP contribution in [0.25, 0.3) is 0 Å². The maximum atomic E-state index is 11.9. The molecule has 0 aliphatic rings. The molecule has 0 aliphatic carbocycles. The van der Waals surface area contributed by atoms with Crippen molar-refractivity contribution in [3.05, 3.63) is 35.9 Å². The molecule has 0 bridgehead atoms. The summed E-state index contributed by atoms with van der Waals surface area (Å²) in [6, 6.07) is 8.28. The van der Waals surface area contributed by atoms with Crippen molar-refractivity contribution in [2.24, 2.45) is 5.92 Å². The van der Waals surface area contributed by atoms with E-state index in [4.69, 9.17) is 5.11 Å². The van der Waals surface area contributed by atoms with Crippen molar-refractivity contribution < 1.29 is 14.7 Å². The van der Waals surface area contributed by atoms with Gasteiger partial charge in [-0.15, -0.1) is 0 Å². The van der Waals surface area contributed by atoms with Crippen LogP contribution >= 0.6 is 0 Å². The maximum Gasteiger partial charge on any atom is 0.326 e. The van der Waals surface area contributed by atoms with E-state index >= 15 is 0 Å². The molecule has 0 aliphatic heterocycles. The number of carboxylic acid groups (broad SMARTS) is 1. The predicted molar refractivity (Wildman–Crippen MR) is 72.7 cm³/mol. The van der Waals surface area contributed by atoms with E-state index in [1.54, 1.807) is 20.9 Å². The number of nitrogens with one attached hydrogen (secondary N) is 1. The van der Waals surface area contributed by atoms with Crippen LogP contribution < -0.4 is 5.32 Å². The minimum atomic E-state index is -1.02. The molecule has 0 heterocycles. The van der Waals surface area contributed by atoms with E-state index < -0.39 is 12.0 Å². The summed E-state index contributed by atoms with van der Waals surface area (Å²) in [7, 11) is 1.64. The van der Waals surface area contributed by atoms with Gasteiger partial charge in [-0.2, -0.15) is 0 Å². The summed E-state index contributed by atoms with van der Waals surface area (Å²) in [5, 5.41) is 11.6. The summed E-state index contributed by atoms with van der Waals surface area (Å²) in [6.45, 7) is 3.96. The Labute approximate surface area is 113 Å². The second-order valence-corrected chi connectivity index (χ2v) is 4.85. The molecule has 104 valence electrons. The lowest BCUT2D eigenvalue weighted by Crippen LogP contribution is -2.48. The van der Waals surface area contributed by atoms with Crippen molar-refractivity contribution >= 4 is 12.0 Å². The third-order valence-corrected chi connectivity index (χ3v) is 2.82. The summed E-state index contributed by atoms with van der Waals surface area (Å²) < 4.78 is 0. The Hall–Kier alpha value is -2.04. The molecule has 2 N–H and O–H groups in total. The third kappa shape index (κ3) is 4.62. The highest BCUT2D eigenvalue weighted by atomic mass is 16.4. The highest BCUT2D eigenvalue weighted by molar-refractivity contribution is 5.82. The number of carbonyl (C=O) groups excluding carboxylic acids is 1. The van der Waals surface area contributed by atoms with E-state index in [9.17, 15) is 9.59 Å². The van der Waals surface area contributed by atoms with Crippen LogP contribution in [0.1, 0.15) is 19.4 Å². The van der Waals surface area contributed by atoms with Crippen molar-refractivity contribution in [3.63, 3.8) is 0 Å². The number of carboxylic acids is 1. The molecule has 0 saturated heterocycles. The molecule has 1 atom stereocenters. The second kappa shape index (κ2) is 6.78. The van der Waals surface area contributed by atoms with Gasteiger partial charge in [0.15, 0.2) is 0 Å². The van der Waals surface area contributed by atoms with Crippen LogP contribution in [0.5, 0.6) is 0 Å². The fraction of sp³-hybridized carbons (Fsp3) is 0.429. The normalized spacial score (nSPS) is 12.0. The van der Waals surface area contributed by atoms with Gasteiger partial charge in [0.25, 0.3) is 0 Å². The summed E-state index contributed by atoms with van der Waals surface area (Å²) >= 11 is 0. The lowest BCUT2D eigenvalue weighted by molar-refractivity contribution is -0.140. The summed E-state index contributed by atoms with van der Waals surface area (Å²) in [5.41, 5.74) is 0.997. The Morgan fingerprint density at radius 3 is 2.32 bits per heavy atom. The number of rotatable bonds is 5. The number of nitrogens with zero attached hydrogens (tertiary/aromatic N) is 1. The van der Waals surface area contributed by atoms with Gasteiger partial charge in [-0.05, 0) is 11.5 Å². The number of carbonyl (C=O) groups is 2. The third-order valence-electron chi connectivity index (χ3n) is 2.82. The Bertz CT molecular complexity index is 432. The fourth-order valence-electron chi connectivity index (χ4n) is 1.69. The van der Waals surface area contributed by atoms with Gasteiger partial charge in [0.2, 0.25) is 0 Å². The van der Waals surface area contributed by atoms with Crippen LogP contribution in [0.4, 0.5) is 4.79 Å². The van der Waals surface area contributed by atoms with Crippen LogP contribution in [0.15, 0.2) is 30.3 Å². The molecule has 0 saturated carbocycles. The lowest BCUT2D eigenvalue weighted by Gasteiger charge is -2.23. The molecule has 2 amide bonds. The molecule has 0 fully saturated rings. The predicted octanol–water partition coefficient (Wildman–Crippen LogP) is 1.94. The van der Waals surface area contributed by atoms with Crippen molar-refractivity contribution in [3.8, 4) is 0 Å². The van der Waals surface area contributed by atoms with Gasteiger partial charge in [-0.1, -0.05) is 44.2 Å². The van der Waals surface area contributed by atoms with Crippen molar-refractivity contribution in [2.45, 2.75) is 26.4 Å². The molecular weight excluding hydrogens is 244 g/mol. The molecule has 19 heavy (non-hydrogen) atoms. The van der Waals surface area contributed by atoms with Gasteiger partial charge in [0.05, 0.1) is 0 Å². The zero-order valence-electron chi connectivity index (χ0n) is 11.5. The van der Waals surface area contributed by atoms with E-state index in [1.165, 1.54) is 4.90 Å².